The van der Waals surface area contributed by atoms with E-state index in [9.17, 15) is 29.4 Å². The number of ketones is 1. The van der Waals surface area contributed by atoms with E-state index in [4.69, 9.17) is 0 Å². The highest BCUT2D eigenvalue weighted by Crippen LogP contribution is 2.44. The van der Waals surface area contributed by atoms with Gasteiger partial charge in [0.1, 0.15) is 0 Å². The Labute approximate surface area is 260 Å². The van der Waals surface area contributed by atoms with E-state index in [0.29, 0.717) is 45.0 Å². The molecule has 0 bridgehead atoms. The summed E-state index contributed by atoms with van der Waals surface area (Å²) in [6.07, 6.45) is 12.2. The van der Waals surface area contributed by atoms with Gasteiger partial charge in [0.25, 0.3) is 5.91 Å². The molecule has 2 aliphatic carbocycles. The van der Waals surface area contributed by atoms with Crippen LogP contribution in [-0.4, -0.2) is 39.9 Å². The molecule has 7 heteroatoms. The molecule has 0 unspecified atom stereocenters. The van der Waals surface area contributed by atoms with Crippen LogP contribution in [0.3, 0.4) is 0 Å². The van der Waals surface area contributed by atoms with E-state index in [1.807, 2.05) is 12.1 Å². The smallest absolute Gasteiger partial charge is 0.336 e. The molecule has 2 fully saturated rings. The van der Waals surface area contributed by atoms with Gasteiger partial charge in [0, 0.05) is 34.4 Å². The molecule has 1 amide bonds. The van der Waals surface area contributed by atoms with Crippen molar-refractivity contribution >= 4 is 66.7 Å². The van der Waals surface area contributed by atoms with Crippen LogP contribution in [0.25, 0.3) is 43.1 Å². The fourth-order valence-corrected chi connectivity index (χ4v) is 8.12. The van der Waals surface area contributed by atoms with Crippen LogP contribution in [0.4, 0.5) is 0 Å². The third-order valence-corrected chi connectivity index (χ3v) is 10.4. The number of aromatic carboxylic acids is 2. The second-order valence-electron chi connectivity index (χ2n) is 13.0. The number of amides is 1. The quantitative estimate of drug-likeness (QED) is 0.0926. The molecule has 7 nitrogen and oxygen atoms in total. The Bertz CT molecular complexity index is 1980. The maximum absolute atomic E-state index is 13.7. The van der Waals surface area contributed by atoms with Gasteiger partial charge in [0.2, 0.25) is 0 Å². The number of Topliss-reactive ketones (excluding diaryl/α,β-unsaturated/α-hetero) is 1. The zero-order valence-corrected chi connectivity index (χ0v) is 25.3. The maximum atomic E-state index is 13.7. The highest BCUT2D eigenvalue weighted by atomic mass is 16.4. The lowest BCUT2D eigenvalue weighted by molar-refractivity contribution is 0.0688. The van der Waals surface area contributed by atoms with Gasteiger partial charge in [-0.05, 0) is 75.7 Å². The second-order valence-corrected chi connectivity index (χ2v) is 13.0. The number of carbonyl (C=O) groups excluding carboxylic acids is 2. The average molecular weight is 604 g/mol. The predicted octanol–water partition coefficient (Wildman–Crippen LogP) is 8.74. The van der Waals surface area contributed by atoms with Gasteiger partial charge in [-0.3, -0.25) is 9.59 Å². The lowest BCUT2D eigenvalue weighted by Gasteiger charge is -2.24. The Hall–Kier alpha value is -4.52. The zero-order valence-electron chi connectivity index (χ0n) is 25.3. The number of hydrogen-bond donors (Lipinski definition) is 3. The second kappa shape index (κ2) is 11.8. The monoisotopic (exact) mass is 603 g/mol. The van der Waals surface area contributed by atoms with E-state index in [-0.39, 0.29) is 28.9 Å². The van der Waals surface area contributed by atoms with Crippen molar-refractivity contribution in [2.24, 2.45) is 5.92 Å². The van der Waals surface area contributed by atoms with Crippen molar-refractivity contribution < 1.29 is 29.4 Å². The summed E-state index contributed by atoms with van der Waals surface area (Å²) in [6.45, 7) is 0. The number of benzene rings is 5. The molecule has 2 saturated carbocycles. The number of carboxylic acid groups (broad SMARTS) is 2. The Morgan fingerprint density at radius 2 is 1.00 bits per heavy atom. The van der Waals surface area contributed by atoms with Gasteiger partial charge in [-0.15, -0.1) is 0 Å². The molecule has 5 aromatic carbocycles. The standard InChI is InChI=1S/C38H37NO6/c40-31(20-11-21-7-3-1-4-8-21)27-16-12-23-26-15-19-30(38(44)45)35-28(36(41)39-22-9-5-2-6-10-22)17-13-24(33(26)35)25-14-18-29(37(42)43)34(27)32(23)25/h12-19,21-22H,1-11,20H2,(H,39,41)(H,42,43)(H,44,45). The first-order chi connectivity index (χ1) is 21.8. The lowest BCUT2D eigenvalue weighted by atomic mass is 9.82. The average Bonchev–Trinajstić information content (AvgIpc) is 3.06. The predicted molar refractivity (Wildman–Crippen MR) is 176 cm³/mol. The minimum Gasteiger partial charge on any atom is -0.478 e. The van der Waals surface area contributed by atoms with Crippen LogP contribution < -0.4 is 5.32 Å². The van der Waals surface area contributed by atoms with Gasteiger partial charge in [-0.25, -0.2) is 9.59 Å². The number of nitrogens with one attached hydrogen (secondary N) is 1. The molecule has 0 aromatic heterocycles. The zero-order chi connectivity index (χ0) is 31.2. The molecule has 0 saturated heterocycles. The Kier molecular flexibility index (Phi) is 7.64. The molecule has 230 valence electrons. The Balaban J connectivity index is 1.44. The van der Waals surface area contributed by atoms with Crippen LogP contribution in [0.1, 0.15) is 118 Å². The number of hydrogen-bond acceptors (Lipinski definition) is 4. The highest BCUT2D eigenvalue weighted by Gasteiger charge is 2.27. The van der Waals surface area contributed by atoms with Gasteiger partial charge in [-0.1, -0.05) is 81.7 Å². The van der Waals surface area contributed by atoms with Crippen molar-refractivity contribution in [2.75, 3.05) is 0 Å². The topological polar surface area (TPSA) is 121 Å². The molecule has 0 heterocycles. The van der Waals surface area contributed by atoms with Gasteiger partial charge in [0.15, 0.2) is 5.78 Å². The molecule has 0 atom stereocenters. The molecule has 0 radical (unpaired) electrons. The molecule has 2 aliphatic rings. The van der Waals surface area contributed by atoms with Crippen molar-refractivity contribution in [3.63, 3.8) is 0 Å². The lowest BCUT2D eigenvalue weighted by Crippen LogP contribution is -2.36. The number of fused-ring (bicyclic) bond motifs is 2. The van der Waals surface area contributed by atoms with Crippen LogP contribution in [0.15, 0.2) is 48.5 Å². The van der Waals surface area contributed by atoms with Crippen molar-refractivity contribution in [2.45, 2.75) is 83.1 Å². The summed E-state index contributed by atoms with van der Waals surface area (Å²) < 4.78 is 0. The minimum absolute atomic E-state index is 0.0424. The first kappa shape index (κ1) is 29.2. The first-order valence-corrected chi connectivity index (χ1v) is 16.3. The van der Waals surface area contributed by atoms with E-state index in [1.54, 1.807) is 30.3 Å². The van der Waals surface area contributed by atoms with Gasteiger partial charge in [0.05, 0.1) is 11.1 Å². The fourth-order valence-electron chi connectivity index (χ4n) is 8.12. The van der Waals surface area contributed by atoms with Crippen LogP contribution in [-0.2, 0) is 0 Å². The number of carbonyl (C=O) groups is 4. The summed E-state index contributed by atoms with van der Waals surface area (Å²) in [5, 5.41) is 28.7. The molecule has 0 aliphatic heterocycles. The Morgan fingerprint density at radius 3 is 1.51 bits per heavy atom. The largest absolute Gasteiger partial charge is 0.478 e. The van der Waals surface area contributed by atoms with Gasteiger partial charge >= 0.3 is 11.9 Å². The summed E-state index contributed by atoms with van der Waals surface area (Å²) >= 11 is 0. The van der Waals surface area contributed by atoms with Crippen molar-refractivity contribution in [3.05, 3.63) is 70.8 Å². The SMILES string of the molecule is O=C(O)c1ccc2c3ccc(C(=O)NC4CCCCC4)c4c(C(=O)O)ccc(c5ccc(C(=O)CCC6CCCCC6)c1c52)c43. The summed E-state index contributed by atoms with van der Waals surface area (Å²) in [6, 6.07) is 13.7. The normalized spacial score (nSPS) is 16.5. The van der Waals surface area contributed by atoms with E-state index in [2.05, 4.69) is 5.32 Å². The van der Waals surface area contributed by atoms with Gasteiger partial charge < -0.3 is 15.5 Å². The molecular formula is C38H37NO6. The number of carboxylic acids is 2. The summed E-state index contributed by atoms with van der Waals surface area (Å²) in [7, 11) is 0. The third-order valence-electron chi connectivity index (χ3n) is 10.4. The van der Waals surface area contributed by atoms with E-state index in [0.717, 1.165) is 72.9 Å². The number of rotatable bonds is 8. The van der Waals surface area contributed by atoms with Gasteiger partial charge in [-0.2, -0.15) is 0 Å². The highest BCUT2D eigenvalue weighted by molar-refractivity contribution is 6.38. The molecule has 3 N–H and O–H groups in total. The molecule has 7 rings (SSSR count). The van der Waals surface area contributed by atoms with E-state index < -0.39 is 11.9 Å². The van der Waals surface area contributed by atoms with Crippen LogP contribution in [0, 0.1) is 5.92 Å². The molecular weight excluding hydrogens is 566 g/mol. The Morgan fingerprint density at radius 1 is 0.556 bits per heavy atom. The summed E-state index contributed by atoms with van der Waals surface area (Å²) in [5.74, 6) is -2.05. The fraction of sp³-hybridized carbons (Fsp3) is 0.368. The molecule has 45 heavy (non-hydrogen) atoms. The van der Waals surface area contributed by atoms with E-state index >= 15 is 0 Å². The van der Waals surface area contributed by atoms with Crippen LogP contribution in [0.2, 0.25) is 0 Å². The minimum atomic E-state index is -1.12. The first-order valence-electron chi connectivity index (χ1n) is 16.3. The van der Waals surface area contributed by atoms with E-state index in [1.165, 1.54) is 25.3 Å². The molecule has 0 spiro atoms. The maximum Gasteiger partial charge on any atom is 0.336 e. The van der Waals surface area contributed by atoms with Crippen molar-refractivity contribution in [3.8, 4) is 0 Å². The summed E-state index contributed by atoms with van der Waals surface area (Å²) in [4.78, 5) is 52.5. The third kappa shape index (κ3) is 5.08. The molecule has 5 aromatic rings. The van der Waals surface area contributed by atoms with Crippen molar-refractivity contribution in [1.82, 2.24) is 5.32 Å². The van der Waals surface area contributed by atoms with Crippen molar-refractivity contribution in [1.29, 1.82) is 0 Å². The summed E-state index contributed by atoms with van der Waals surface area (Å²) in [5.41, 5.74) is 0.840. The van der Waals surface area contributed by atoms with Crippen LogP contribution in [0.5, 0.6) is 0 Å². The van der Waals surface area contributed by atoms with Crippen LogP contribution >= 0.6 is 0 Å².